The molecule has 0 spiro atoms. The van der Waals surface area contributed by atoms with Crippen LogP contribution in [0.4, 0.5) is 21.1 Å². The van der Waals surface area contributed by atoms with Crippen LogP contribution in [0.3, 0.4) is 0 Å². The molecule has 0 radical (unpaired) electrons. The summed E-state index contributed by atoms with van der Waals surface area (Å²) in [6.45, 7) is 11.3. The number of carbonyl (C=O) groups excluding carboxylic acids is 1. The Morgan fingerprint density at radius 3 is 2.45 bits per heavy atom. The van der Waals surface area contributed by atoms with E-state index < -0.39 is 12.1 Å². The summed E-state index contributed by atoms with van der Waals surface area (Å²) in [5.74, 6) is 1.04. The molecule has 1 saturated heterocycles. The third-order valence-corrected chi connectivity index (χ3v) is 7.00. The van der Waals surface area contributed by atoms with E-state index >= 15 is 0 Å². The van der Waals surface area contributed by atoms with Crippen molar-refractivity contribution in [3.8, 4) is 17.5 Å². The fraction of sp³-hybridized carbons (Fsp3) is 0.519. The molecule has 0 saturated carbocycles. The van der Waals surface area contributed by atoms with Crippen molar-refractivity contribution in [2.24, 2.45) is 5.41 Å². The lowest BCUT2D eigenvalue weighted by atomic mass is 9.72. The van der Waals surface area contributed by atoms with Crippen LogP contribution in [0.15, 0.2) is 24.3 Å². The first-order chi connectivity index (χ1) is 18.1. The summed E-state index contributed by atoms with van der Waals surface area (Å²) < 4.78 is 5.59. The van der Waals surface area contributed by atoms with Crippen LogP contribution < -0.4 is 15.5 Å². The number of fused-ring (bicyclic) bond motifs is 1. The van der Waals surface area contributed by atoms with E-state index in [9.17, 15) is 20.0 Å². The topological polar surface area (TPSA) is 144 Å². The average Bonchev–Trinajstić information content (AvgIpc) is 2.88. The maximum Gasteiger partial charge on any atom is 0.407 e. The second-order valence-electron chi connectivity index (χ2n) is 10.6. The predicted octanol–water partition coefficient (Wildman–Crippen LogP) is 4.20. The highest BCUT2D eigenvalue weighted by Crippen LogP contribution is 2.48. The molecule has 1 unspecified atom stereocenters. The first-order valence-corrected chi connectivity index (χ1v) is 12.9. The van der Waals surface area contributed by atoms with Crippen molar-refractivity contribution < 1.29 is 19.4 Å². The smallest absolute Gasteiger partial charge is 0.407 e. The second kappa shape index (κ2) is 11.2. The van der Waals surface area contributed by atoms with Crippen LogP contribution in [0.5, 0.6) is 0 Å². The Hall–Kier alpha value is -3.91. The number of rotatable bonds is 5. The van der Waals surface area contributed by atoms with Crippen LogP contribution in [0, 0.1) is 16.7 Å². The molecular weight excluding hydrogens is 486 g/mol. The van der Waals surface area contributed by atoms with Crippen molar-refractivity contribution in [2.75, 3.05) is 49.6 Å². The number of ether oxygens (including phenoxy) is 1. The zero-order chi connectivity index (χ0) is 27.4. The van der Waals surface area contributed by atoms with Crippen LogP contribution >= 0.6 is 0 Å². The summed E-state index contributed by atoms with van der Waals surface area (Å²) in [7, 11) is 0. The number of morpholine rings is 1. The minimum Gasteiger partial charge on any atom is -0.465 e. The summed E-state index contributed by atoms with van der Waals surface area (Å²) in [6.07, 6.45) is -1.08. The van der Waals surface area contributed by atoms with Crippen LogP contribution in [0.25, 0.3) is 11.4 Å². The maximum absolute atomic E-state index is 12.3. The first-order valence-electron chi connectivity index (χ1n) is 12.9. The number of hydrogen-bond acceptors (Lipinski definition) is 7. The summed E-state index contributed by atoms with van der Waals surface area (Å²) in [5, 5.41) is 25.2. The third-order valence-electron chi connectivity index (χ3n) is 7.00. The van der Waals surface area contributed by atoms with Gasteiger partial charge in [-0.15, -0.1) is 0 Å². The zero-order valence-corrected chi connectivity index (χ0v) is 22.3. The molecule has 3 heterocycles. The van der Waals surface area contributed by atoms with Gasteiger partial charge in [-0.25, -0.2) is 19.6 Å². The number of nitrogens with zero attached hydrogens (tertiary/aromatic N) is 5. The van der Waals surface area contributed by atoms with Crippen molar-refractivity contribution in [1.82, 2.24) is 20.2 Å². The first kappa shape index (κ1) is 27.1. The van der Waals surface area contributed by atoms with Crippen LogP contribution in [0.1, 0.15) is 57.3 Å². The van der Waals surface area contributed by atoms with Crippen molar-refractivity contribution in [1.29, 1.82) is 5.26 Å². The van der Waals surface area contributed by atoms with Gasteiger partial charge in [0.05, 0.1) is 37.4 Å². The molecule has 38 heavy (non-hydrogen) atoms. The van der Waals surface area contributed by atoms with E-state index in [1.54, 1.807) is 12.1 Å². The van der Waals surface area contributed by atoms with Crippen LogP contribution in [-0.2, 0) is 4.74 Å². The molecule has 0 aliphatic carbocycles. The molecule has 3 amide bonds. The van der Waals surface area contributed by atoms with E-state index in [0.29, 0.717) is 50.1 Å². The normalized spacial score (nSPS) is 19.3. The highest BCUT2D eigenvalue weighted by molar-refractivity contribution is 5.89. The number of urea groups is 1. The Kier molecular flexibility index (Phi) is 8.02. The van der Waals surface area contributed by atoms with Gasteiger partial charge in [-0.2, -0.15) is 5.26 Å². The summed E-state index contributed by atoms with van der Waals surface area (Å²) >= 11 is 0. The summed E-state index contributed by atoms with van der Waals surface area (Å²) in [4.78, 5) is 37.7. The Balaban J connectivity index is 1.87. The van der Waals surface area contributed by atoms with E-state index in [-0.39, 0.29) is 30.3 Å². The molecule has 3 N–H and O–H groups in total. The molecule has 4 rings (SSSR count). The van der Waals surface area contributed by atoms with Gasteiger partial charge in [0.1, 0.15) is 5.82 Å². The molecule has 11 heteroatoms. The SMILES string of the molecule is CCNC(=O)Nc1ccc(-c2nc3c(c(N4CCOCC4)n2)[C@@H](C(C)(C)C)CN(C(=O)O)C3CC#N)cc1. The molecule has 1 fully saturated rings. The third kappa shape index (κ3) is 5.65. The van der Waals surface area contributed by atoms with Gasteiger partial charge < -0.3 is 25.4 Å². The number of carboxylic acid groups (broad SMARTS) is 1. The molecule has 202 valence electrons. The van der Waals surface area contributed by atoms with Gasteiger partial charge in [-0.05, 0) is 36.6 Å². The van der Waals surface area contributed by atoms with Crippen LogP contribution in [0.2, 0.25) is 0 Å². The maximum atomic E-state index is 12.3. The number of anilines is 2. The number of nitriles is 1. The van der Waals surface area contributed by atoms with E-state index in [2.05, 4.69) is 42.4 Å². The lowest BCUT2D eigenvalue weighted by molar-refractivity contribution is 0.0974. The average molecular weight is 522 g/mol. The number of aromatic nitrogens is 2. The molecule has 11 nitrogen and oxygen atoms in total. The van der Waals surface area contributed by atoms with E-state index in [1.165, 1.54) is 4.90 Å². The summed E-state index contributed by atoms with van der Waals surface area (Å²) in [6, 6.07) is 8.37. The highest BCUT2D eigenvalue weighted by atomic mass is 16.5. The van der Waals surface area contributed by atoms with E-state index in [4.69, 9.17) is 14.7 Å². The molecule has 2 atom stereocenters. The molecule has 1 aromatic carbocycles. The number of hydrogen-bond donors (Lipinski definition) is 3. The fourth-order valence-corrected chi connectivity index (χ4v) is 5.02. The molecule has 2 aromatic rings. The van der Waals surface area contributed by atoms with E-state index in [0.717, 1.165) is 16.9 Å². The largest absolute Gasteiger partial charge is 0.465 e. The quantitative estimate of drug-likeness (QED) is 0.531. The zero-order valence-electron chi connectivity index (χ0n) is 22.3. The molecule has 0 bridgehead atoms. The molecule has 2 aliphatic heterocycles. The van der Waals surface area contributed by atoms with Gasteiger partial charge in [0.2, 0.25) is 0 Å². The highest BCUT2D eigenvalue weighted by Gasteiger charge is 2.44. The number of amides is 3. The van der Waals surface area contributed by atoms with Gasteiger partial charge in [0.15, 0.2) is 5.82 Å². The fourth-order valence-electron chi connectivity index (χ4n) is 5.02. The van der Waals surface area contributed by atoms with Crippen molar-refractivity contribution in [2.45, 2.75) is 46.1 Å². The standard InChI is InChI=1S/C27H35N7O4/c1-5-29-25(35)30-18-8-6-17(7-9-18)23-31-22-20(10-11-28)34(26(36)37)16-19(27(2,3)4)21(22)24(32-23)33-12-14-38-15-13-33/h6-9,19-20H,5,10,12-16H2,1-4H3,(H,36,37)(H2,29,30,35)/t19-,20?/m0/s1. The molecule has 2 aliphatic rings. The minimum atomic E-state index is -1.07. The van der Waals surface area contributed by atoms with E-state index in [1.807, 2.05) is 19.1 Å². The van der Waals surface area contributed by atoms with Gasteiger partial charge in [0.25, 0.3) is 0 Å². The van der Waals surface area contributed by atoms with Crippen LogP contribution in [-0.4, -0.2) is 71.5 Å². The van der Waals surface area contributed by atoms with Gasteiger partial charge in [0, 0.05) is 48.9 Å². The Bertz CT molecular complexity index is 1210. The van der Waals surface area contributed by atoms with Gasteiger partial charge in [-0.1, -0.05) is 20.8 Å². The molecule has 1 aromatic heterocycles. The number of benzene rings is 1. The number of carbonyl (C=O) groups is 2. The second-order valence-corrected chi connectivity index (χ2v) is 10.6. The predicted molar refractivity (Wildman–Crippen MR) is 143 cm³/mol. The Morgan fingerprint density at radius 2 is 1.87 bits per heavy atom. The summed E-state index contributed by atoms with van der Waals surface area (Å²) in [5.41, 5.74) is 2.56. The van der Waals surface area contributed by atoms with Gasteiger partial charge in [-0.3, -0.25) is 4.90 Å². The Morgan fingerprint density at radius 1 is 1.18 bits per heavy atom. The Labute approximate surface area is 222 Å². The molecular formula is C27H35N7O4. The van der Waals surface area contributed by atoms with Crippen molar-refractivity contribution >= 4 is 23.6 Å². The van der Waals surface area contributed by atoms with Crippen molar-refractivity contribution in [3.63, 3.8) is 0 Å². The number of nitrogens with one attached hydrogen (secondary N) is 2. The lowest BCUT2D eigenvalue weighted by Gasteiger charge is -2.45. The lowest BCUT2D eigenvalue weighted by Crippen LogP contribution is -2.47. The monoisotopic (exact) mass is 521 g/mol. The van der Waals surface area contributed by atoms with Gasteiger partial charge >= 0.3 is 12.1 Å². The van der Waals surface area contributed by atoms with Crippen molar-refractivity contribution in [3.05, 3.63) is 35.5 Å². The minimum absolute atomic E-state index is 0.00936.